The van der Waals surface area contributed by atoms with Crippen molar-refractivity contribution in [2.45, 2.75) is 45.6 Å². The lowest BCUT2D eigenvalue weighted by atomic mass is 9.92. The monoisotopic (exact) mass is 534 g/mol. The molecule has 4 aromatic rings. The number of carbonyl (C=O) groups is 2. The van der Waals surface area contributed by atoms with Crippen LogP contribution in [-0.4, -0.2) is 31.6 Å². The smallest absolute Gasteiger partial charge is 0.293 e. The molecule has 0 fully saturated rings. The molecule has 10 heteroatoms. The summed E-state index contributed by atoms with van der Waals surface area (Å²) in [5.74, 6) is -1.79. The molecule has 0 spiro atoms. The van der Waals surface area contributed by atoms with Gasteiger partial charge in [-0.15, -0.1) is 0 Å². The predicted octanol–water partition coefficient (Wildman–Crippen LogP) is 5.42. The van der Waals surface area contributed by atoms with Gasteiger partial charge in [0.2, 0.25) is 11.7 Å². The molecule has 0 saturated carbocycles. The van der Waals surface area contributed by atoms with Crippen molar-refractivity contribution in [1.29, 1.82) is 0 Å². The molecule has 0 aliphatic rings. The summed E-state index contributed by atoms with van der Waals surface area (Å²) in [5, 5.41) is 10.9. The number of amides is 2. The van der Waals surface area contributed by atoms with E-state index in [1.54, 1.807) is 17.7 Å². The summed E-state index contributed by atoms with van der Waals surface area (Å²) in [6, 6.07) is 14.7. The Morgan fingerprint density at radius 2 is 1.74 bits per heavy atom. The molecule has 196 valence electrons. The molecule has 2 aromatic carbocycles. The minimum Gasteiger partial charge on any atom is -0.350 e. The third-order valence-electron chi connectivity index (χ3n) is 5.92. The lowest BCUT2D eigenvalue weighted by molar-refractivity contribution is -0.122. The lowest BCUT2D eigenvalue weighted by Crippen LogP contribution is -2.28. The number of hydrogen-bond acceptors (Lipinski definition) is 5. The first-order chi connectivity index (χ1) is 18.0. The van der Waals surface area contributed by atoms with Gasteiger partial charge in [-0.2, -0.15) is 5.10 Å². The molecular weight excluding hydrogens is 507 g/mol. The number of anilines is 1. The first-order valence-corrected chi connectivity index (χ1v) is 12.4. The van der Waals surface area contributed by atoms with E-state index in [9.17, 15) is 14.0 Å². The topological polar surface area (TPSA) is 102 Å². The van der Waals surface area contributed by atoms with Crippen LogP contribution in [0.1, 0.15) is 61.2 Å². The molecule has 2 aromatic heterocycles. The molecule has 8 nitrogen and oxygen atoms in total. The molecule has 38 heavy (non-hydrogen) atoms. The van der Waals surface area contributed by atoms with E-state index in [2.05, 4.69) is 41.4 Å². The molecule has 0 bridgehead atoms. The van der Waals surface area contributed by atoms with E-state index in [4.69, 9.17) is 16.7 Å². The Hall–Kier alpha value is -4.11. The molecule has 0 saturated heterocycles. The van der Waals surface area contributed by atoms with Gasteiger partial charge in [-0.3, -0.25) is 9.59 Å². The van der Waals surface area contributed by atoms with Crippen LogP contribution < -0.4 is 10.6 Å². The van der Waals surface area contributed by atoms with Crippen molar-refractivity contribution in [3.05, 3.63) is 101 Å². The maximum atomic E-state index is 13.1. The van der Waals surface area contributed by atoms with E-state index < -0.39 is 17.6 Å². The van der Waals surface area contributed by atoms with Gasteiger partial charge in [0.05, 0.1) is 29.5 Å². The van der Waals surface area contributed by atoms with Crippen molar-refractivity contribution in [1.82, 2.24) is 25.1 Å². The second-order valence-electron chi connectivity index (χ2n) is 9.90. The van der Waals surface area contributed by atoms with E-state index in [0.29, 0.717) is 16.3 Å². The van der Waals surface area contributed by atoms with Gasteiger partial charge in [0.15, 0.2) is 0 Å². The second-order valence-corrected chi connectivity index (χ2v) is 10.3. The summed E-state index contributed by atoms with van der Waals surface area (Å²) >= 11 is 6.20. The van der Waals surface area contributed by atoms with Gasteiger partial charge in [0.25, 0.3) is 5.91 Å². The van der Waals surface area contributed by atoms with Gasteiger partial charge in [-0.05, 0) is 55.5 Å². The Bertz CT molecular complexity index is 1450. The van der Waals surface area contributed by atoms with Crippen LogP contribution in [0.5, 0.6) is 0 Å². The van der Waals surface area contributed by atoms with E-state index in [0.717, 1.165) is 17.1 Å². The van der Waals surface area contributed by atoms with E-state index in [-0.39, 0.29) is 23.7 Å². The van der Waals surface area contributed by atoms with Crippen molar-refractivity contribution in [3.8, 4) is 5.69 Å². The molecule has 4 rings (SSSR count). The van der Waals surface area contributed by atoms with Crippen LogP contribution in [0.4, 0.5) is 10.1 Å². The number of rotatable bonds is 7. The summed E-state index contributed by atoms with van der Waals surface area (Å²) in [6.07, 6.45) is 2.90. The number of nitrogens with zero attached hydrogens (tertiary/aromatic N) is 4. The van der Waals surface area contributed by atoms with Gasteiger partial charge in [-0.1, -0.05) is 38.4 Å². The van der Waals surface area contributed by atoms with Crippen LogP contribution in [0.3, 0.4) is 0 Å². The molecule has 0 radical (unpaired) electrons. The molecule has 2 heterocycles. The number of nitrogens with one attached hydrogen (secondary N) is 2. The first kappa shape index (κ1) is 26.9. The second kappa shape index (κ2) is 11.1. The van der Waals surface area contributed by atoms with Crippen LogP contribution in [-0.2, 0) is 16.8 Å². The Balaban J connectivity index is 1.44. The van der Waals surface area contributed by atoms with Gasteiger partial charge in [0.1, 0.15) is 5.82 Å². The van der Waals surface area contributed by atoms with Crippen molar-refractivity contribution >= 4 is 29.1 Å². The molecule has 0 aliphatic carbocycles. The van der Waals surface area contributed by atoms with Crippen LogP contribution in [0.2, 0.25) is 5.02 Å². The summed E-state index contributed by atoms with van der Waals surface area (Å²) in [6.45, 7) is 8.21. The van der Waals surface area contributed by atoms with E-state index in [1.165, 1.54) is 36.7 Å². The van der Waals surface area contributed by atoms with Crippen LogP contribution >= 0.6 is 11.6 Å². The number of carbonyl (C=O) groups excluding carboxylic acids is 2. The quantitative estimate of drug-likeness (QED) is 0.329. The SMILES string of the molecule is CC(C(=O)NCc1cc(C(C)(C)C)nn1-c1cccc(Cl)c1)c1cnc(C(=O)Nc2ccc(F)cc2)nc1. The van der Waals surface area contributed by atoms with Crippen molar-refractivity contribution in [2.75, 3.05) is 5.32 Å². The fourth-order valence-electron chi connectivity index (χ4n) is 3.62. The van der Waals surface area contributed by atoms with Crippen LogP contribution in [0.25, 0.3) is 5.69 Å². The minimum atomic E-state index is -0.561. The minimum absolute atomic E-state index is 0.0641. The van der Waals surface area contributed by atoms with E-state index in [1.807, 2.05) is 24.3 Å². The Morgan fingerprint density at radius 3 is 2.37 bits per heavy atom. The zero-order valence-corrected chi connectivity index (χ0v) is 22.3. The van der Waals surface area contributed by atoms with Gasteiger partial charge >= 0.3 is 0 Å². The third-order valence-corrected chi connectivity index (χ3v) is 6.15. The Labute approximate surface area is 225 Å². The lowest BCUT2D eigenvalue weighted by Gasteiger charge is -2.14. The number of aromatic nitrogens is 4. The number of hydrogen-bond donors (Lipinski definition) is 2. The third kappa shape index (κ3) is 6.41. The van der Waals surface area contributed by atoms with Crippen molar-refractivity contribution < 1.29 is 14.0 Å². The first-order valence-electron chi connectivity index (χ1n) is 12.0. The van der Waals surface area contributed by atoms with Crippen LogP contribution in [0.15, 0.2) is 67.0 Å². The summed E-state index contributed by atoms with van der Waals surface area (Å²) in [4.78, 5) is 33.6. The summed E-state index contributed by atoms with van der Waals surface area (Å²) < 4.78 is 14.9. The average Bonchev–Trinajstić information content (AvgIpc) is 3.33. The fourth-order valence-corrected chi connectivity index (χ4v) is 3.81. The highest BCUT2D eigenvalue weighted by Crippen LogP contribution is 2.25. The van der Waals surface area contributed by atoms with Crippen molar-refractivity contribution in [3.63, 3.8) is 0 Å². The molecule has 0 aliphatic heterocycles. The molecule has 2 N–H and O–H groups in total. The largest absolute Gasteiger partial charge is 0.350 e. The molecular formula is C28H28ClFN6O2. The zero-order valence-electron chi connectivity index (χ0n) is 21.5. The molecule has 2 amide bonds. The van der Waals surface area contributed by atoms with Gasteiger partial charge in [0, 0.05) is 34.1 Å². The Kier molecular flexibility index (Phi) is 7.87. The summed E-state index contributed by atoms with van der Waals surface area (Å²) in [5.41, 5.74) is 3.29. The highest BCUT2D eigenvalue weighted by Gasteiger charge is 2.22. The van der Waals surface area contributed by atoms with Gasteiger partial charge < -0.3 is 10.6 Å². The number of halogens is 2. The maximum absolute atomic E-state index is 13.1. The van der Waals surface area contributed by atoms with Gasteiger partial charge in [-0.25, -0.2) is 19.0 Å². The zero-order chi connectivity index (χ0) is 27.4. The number of benzene rings is 2. The standard InChI is InChI=1S/C28H28ClFN6O2/c1-17(18-14-31-25(32-15-18)27(38)34-21-10-8-20(30)9-11-21)26(37)33-16-23-13-24(28(2,3)4)35-36(23)22-7-5-6-19(29)12-22/h5-15,17H,16H2,1-4H3,(H,33,37)(H,34,38). The average molecular weight is 535 g/mol. The Morgan fingerprint density at radius 1 is 1.05 bits per heavy atom. The normalized spacial score (nSPS) is 12.2. The van der Waals surface area contributed by atoms with E-state index >= 15 is 0 Å². The van der Waals surface area contributed by atoms with Crippen LogP contribution in [0, 0.1) is 5.82 Å². The fraction of sp³-hybridized carbons (Fsp3) is 0.250. The predicted molar refractivity (Wildman–Crippen MR) is 144 cm³/mol. The summed E-state index contributed by atoms with van der Waals surface area (Å²) in [7, 11) is 0. The molecule has 1 unspecified atom stereocenters. The van der Waals surface area contributed by atoms with Crippen molar-refractivity contribution in [2.24, 2.45) is 0 Å². The highest BCUT2D eigenvalue weighted by atomic mass is 35.5. The molecule has 1 atom stereocenters. The maximum Gasteiger partial charge on any atom is 0.293 e. The highest BCUT2D eigenvalue weighted by molar-refractivity contribution is 6.30.